The molecule has 0 spiro atoms. The van der Waals surface area contributed by atoms with Crippen LogP contribution in [0.5, 0.6) is 0 Å². The maximum absolute atomic E-state index is 13.9. The Bertz CT molecular complexity index is 736. The zero-order chi connectivity index (χ0) is 18.7. The van der Waals surface area contributed by atoms with E-state index in [0.29, 0.717) is 32.5 Å². The third-order valence-corrected chi connectivity index (χ3v) is 4.94. The topological polar surface area (TPSA) is 69.7 Å². The van der Waals surface area contributed by atoms with Gasteiger partial charge in [-0.1, -0.05) is 18.7 Å². The van der Waals surface area contributed by atoms with Crippen LogP contribution in [-0.4, -0.2) is 48.3 Å². The third kappa shape index (κ3) is 3.61. The first-order valence-corrected chi connectivity index (χ1v) is 8.79. The average Bonchev–Trinajstić information content (AvgIpc) is 3.02. The van der Waals surface area contributed by atoms with Crippen LogP contribution in [0.2, 0.25) is 0 Å². The number of halogens is 1. The van der Waals surface area contributed by atoms with Crippen molar-refractivity contribution >= 4 is 23.4 Å². The summed E-state index contributed by atoms with van der Waals surface area (Å²) in [6.45, 7) is 4.77. The molecule has 6 nitrogen and oxygen atoms in total. The van der Waals surface area contributed by atoms with Crippen LogP contribution < -0.4 is 10.2 Å². The summed E-state index contributed by atoms with van der Waals surface area (Å²) in [4.78, 5) is 39.8. The Hall–Kier alpha value is -2.70. The Morgan fingerprint density at radius 3 is 2.73 bits per heavy atom. The number of benzene rings is 1. The molecule has 1 aromatic carbocycles. The third-order valence-electron chi connectivity index (χ3n) is 4.94. The first-order chi connectivity index (χ1) is 12.5. The van der Waals surface area contributed by atoms with Crippen LogP contribution in [-0.2, 0) is 14.4 Å². The molecule has 0 radical (unpaired) electrons. The van der Waals surface area contributed by atoms with Crippen molar-refractivity contribution in [1.82, 2.24) is 10.2 Å². The second kappa shape index (κ2) is 7.68. The summed E-state index contributed by atoms with van der Waals surface area (Å²) in [6.07, 6.45) is 3.08. The van der Waals surface area contributed by atoms with Gasteiger partial charge in [0.1, 0.15) is 11.9 Å². The van der Waals surface area contributed by atoms with Gasteiger partial charge in [-0.15, -0.1) is 0 Å². The Kier molecular flexibility index (Phi) is 5.35. The van der Waals surface area contributed by atoms with Crippen molar-refractivity contribution in [1.29, 1.82) is 0 Å². The molecule has 3 rings (SSSR count). The number of hydrogen-bond donors (Lipinski definition) is 1. The van der Waals surface area contributed by atoms with Crippen molar-refractivity contribution in [3.63, 3.8) is 0 Å². The molecule has 2 aliphatic rings. The molecule has 2 atom stereocenters. The van der Waals surface area contributed by atoms with Gasteiger partial charge in [-0.2, -0.15) is 0 Å². The number of piperidine rings is 1. The van der Waals surface area contributed by atoms with Crippen LogP contribution in [0.25, 0.3) is 0 Å². The van der Waals surface area contributed by atoms with E-state index in [9.17, 15) is 18.8 Å². The summed E-state index contributed by atoms with van der Waals surface area (Å²) < 4.78 is 13.9. The zero-order valence-corrected chi connectivity index (χ0v) is 14.5. The van der Waals surface area contributed by atoms with Gasteiger partial charge < -0.3 is 15.1 Å². The molecule has 138 valence electrons. The smallest absolute Gasteiger partial charge is 0.249 e. The number of amides is 3. The molecule has 2 aliphatic heterocycles. The molecule has 0 saturated carbocycles. The molecular formula is C19H22FN3O3. The molecule has 2 fully saturated rings. The second-order valence-corrected chi connectivity index (χ2v) is 6.62. The van der Waals surface area contributed by atoms with Gasteiger partial charge in [0.15, 0.2) is 0 Å². The molecule has 26 heavy (non-hydrogen) atoms. The Morgan fingerprint density at radius 2 is 2.00 bits per heavy atom. The van der Waals surface area contributed by atoms with Crippen molar-refractivity contribution in [3.8, 4) is 0 Å². The predicted molar refractivity (Wildman–Crippen MR) is 94.8 cm³/mol. The molecule has 2 unspecified atom stereocenters. The van der Waals surface area contributed by atoms with E-state index in [1.807, 2.05) is 0 Å². The fraction of sp³-hybridized carbons (Fsp3) is 0.421. The Morgan fingerprint density at radius 1 is 1.23 bits per heavy atom. The molecule has 2 heterocycles. The molecule has 1 aromatic rings. The maximum Gasteiger partial charge on any atom is 0.249 e. The van der Waals surface area contributed by atoms with E-state index >= 15 is 0 Å². The quantitative estimate of drug-likeness (QED) is 0.828. The molecule has 0 bridgehead atoms. The number of para-hydroxylation sites is 1. The summed E-state index contributed by atoms with van der Waals surface area (Å²) in [6, 6.07) is 5.44. The van der Waals surface area contributed by atoms with Gasteiger partial charge in [0.25, 0.3) is 0 Å². The van der Waals surface area contributed by atoms with Crippen molar-refractivity contribution in [2.75, 3.05) is 24.5 Å². The lowest BCUT2D eigenvalue weighted by Gasteiger charge is -2.31. The Labute approximate surface area is 151 Å². The van der Waals surface area contributed by atoms with Crippen LogP contribution in [0.1, 0.15) is 19.3 Å². The molecular weight excluding hydrogens is 337 g/mol. The number of rotatable bonds is 4. The van der Waals surface area contributed by atoms with Crippen LogP contribution in [0, 0.1) is 11.7 Å². The zero-order valence-electron chi connectivity index (χ0n) is 14.5. The average molecular weight is 359 g/mol. The number of anilines is 1. The minimum atomic E-state index is -0.660. The van der Waals surface area contributed by atoms with Gasteiger partial charge in [-0.25, -0.2) is 4.39 Å². The first kappa shape index (κ1) is 18.1. The summed E-state index contributed by atoms with van der Waals surface area (Å²) in [5, 5.41) is 2.78. The van der Waals surface area contributed by atoms with Crippen molar-refractivity contribution in [3.05, 3.63) is 42.7 Å². The van der Waals surface area contributed by atoms with E-state index in [4.69, 9.17) is 0 Å². The minimum absolute atomic E-state index is 0.190. The van der Waals surface area contributed by atoms with E-state index in [1.54, 1.807) is 23.1 Å². The number of nitrogens with one attached hydrogen (secondary N) is 1. The first-order valence-electron chi connectivity index (χ1n) is 8.79. The molecule has 3 amide bonds. The highest BCUT2D eigenvalue weighted by molar-refractivity contribution is 6.01. The highest BCUT2D eigenvalue weighted by Crippen LogP contribution is 2.25. The summed E-state index contributed by atoms with van der Waals surface area (Å²) in [7, 11) is 0. The van der Waals surface area contributed by atoms with Gasteiger partial charge in [0.05, 0.1) is 11.6 Å². The van der Waals surface area contributed by atoms with Crippen LogP contribution >= 0.6 is 0 Å². The lowest BCUT2D eigenvalue weighted by Crippen LogP contribution is -2.49. The number of nitrogens with zero attached hydrogens (tertiary/aromatic N) is 2. The number of carbonyl (C=O) groups is 3. The molecule has 0 aliphatic carbocycles. The van der Waals surface area contributed by atoms with E-state index < -0.39 is 11.9 Å². The van der Waals surface area contributed by atoms with Gasteiger partial charge >= 0.3 is 0 Å². The Balaban J connectivity index is 1.62. The fourth-order valence-corrected chi connectivity index (χ4v) is 3.53. The monoisotopic (exact) mass is 359 g/mol. The lowest BCUT2D eigenvalue weighted by molar-refractivity contribution is -0.134. The predicted octanol–water partition coefficient (Wildman–Crippen LogP) is 1.47. The maximum atomic E-state index is 13.9. The standard InChI is InChI=1S/C19H22FN3O3/c1-2-17(24)22-10-5-6-13(12-22)18(25)21-15-9-11-23(19(15)26)16-8-4-3-7-14(16)20/h2-4,7-8,13,15H,1,5-6,9-12H2,(H,21,25). The second-order valence-electron chi connectivity index (χ2n) is 6.62. The SMILES string of the molecule is C=CC(=O)N1CCCC(C(=O)NC2CCN(c3ccccc3F)C2=O)C1. The summed E-state index contributed by atoms with van der Waals surface area (Å²) in [5.41, 5.74) is 0.231. The van der Waals surface area contributed by atoms with Gasteiger partial charge in [0.2, 0.25) is 17.7 Å². The van der Waals surface area contributed by atoms with Gasteiger partial charge in [0, 0.05) is 19.6 Å². The number of hydrogen-bond acceptors (Lipinski definition) is 3. The van der Waals surface area contributed by atoms with Crippen LogP contribution in [0.15, 0.2) is 36.9 Å². The number of carbonyl (C=O) groups excluding carboxylic acids is 3. The van der Waals surface area contributed by atoms with Crippen LogP contribution in [0.4, 0.5) is 10.1 Å². The van der Waals surface area contributed by atoms with E-state index in [-0.39, 0.29) is 29.3 Å². The van der Waals surface area contributed by atoms with Gasteiger partial charge in [-0.05, 0) is 37.5 Å². The molecule has 2 saturated heterocycles. The highest BCUT2D eigenvalue weighted by atomic mass is 19.1. The summed E-state index contributed by atoms with van der Waals surface area (Å²) in [5.74, 6) is -1.54. The molecule has 7 heteroatoms. The fourth-order valence-electron chi connectivity index (χ4n) is 3.53. The molecule has 1 N–H and O–H groups in total. The molecule has 0 aromatic heterocycles. The van der Waals surface area contributed by atoms with Crippen molar-refractivity contribution in [2.24, 2.45) is 5.92 Å². The van der Waals surface area contributed by atoms with Crippen molar-refractivity contribution < 1.29 is 18.8 Å². The minimum Gasteiger partial charge on any atom is -0.344 e. The largest absolute Gasteiger partial charge is 0.344 e. The van der Waals surface area contributed by atoms with Crippen LogP contribution in [0.3, 0.4) is 0 Å². The van der Waals surface area contributed by atoms with E-state index in [2.05, 4.69) is 11.9 Å². The van der Waals surface area contributed by atoms with E-state index in [1.165, 1.54) is 17.0 Å². The summed E-state index contributed by atoms with van der Waals surface area (Å²) >= 11 is 0. The van der Waals surface area contributed by atoms with Gasteiger partial charge in [-0.3, -0.25) is 14.4 Å². The van der Waals surface area contributed by atoms with E-state index in [0.717, 1.165) is 6.42 Å². The highest BCUT2D eigenvalue weighted by Gasteiger charge is 2.36. The number of likely N-dealkylation sites (tertiary alicyclic amines) is 1. The van der Waals surface area contributed by atoms with Crippen molar-refractivity contribution in [2.45, 2.75) is 25.3 Å². The normalized spacial score (nSPS) is 23.0. The lowest BCUT2D eigenvalue weighted by atomic mass is 9.96.